The lowest BCUT2D eigenvalue weighted by Crippen LogP contribution is -2.22. The van der Waals surface area contributed by atoms with Crippen molar-refractivity contribution < 1.29 is 4.74 Å². The third-order valence-corrected chi connectivity index (χ3v) is 3.15. The number of aromatic nitrogens is 1. The average molecular weight is 291 g/mol. The number of pyridine rings is 1. The zero-order chi connectivity index (χ0) is 14.4. The molecule has 1 aromatic carbocycles. The summed E-state index contributed by atoms with van der Waals surface area (Å²) in [4.78, 5) is 4.08. The number of hydrogen-bond acceptors (Lipinski definition) is 3. The summed E-state index contributed by atoms with van der Waals surface area (Å²) in [5.41, 5.74) is 2.09. The van der Waals surface area contributed by atoms with E-state index < -0.39 is 0 Å². The third-order valence-electron chi connectivity index (χ3n) is 2.86. The first-order chi connectivity index (χ1) is 9.66. The van der Waals surface area contributed by atoms with E-state index in [-0.39, 0.29) is 0 Å². The number of halogens is 1. The van der Waals surface area contributed by atoms with Gasteiger partial charge in [0.15, 0.2) is 0 Å². The van der Waals surface area contributed by atoms with Crippen molar-refractivity contribution in [3.05, 3.63) is 58.9 Å². The number of ether oxygens (including phenoxy) is 1. The lowest BCUT2D eigenvalue weighted by atomic mass is 10.2. The number of nitrogens with one attached hydrogen (secondary N) is 1. The van der Waals surface area contributed by atoms with E-state index in [1.54, 1.807) is 12.4 Å². The molecule has 0 fully saturated rings. The Labute approximate surface area is 124 Å². The molecule has 0 saturated carbocycles. The van der Waals surface area contributed by atoms with E-state index in [0.717, 1.165) is 23.4 Å². The Bertz CT molecular complexity index is 543. The molecular weight excluding hydrogens is 272 g/mol. The Kier molecular flexibility index (Phi) is 5.39. The quantitative estimate of drug-likeness (QED) is 0.878. The second kappa shape index (κ2) is 7.27. The standard InChI is InChI=1S/C16H19ClN2O/c1-12(2)19-10-14-6-3-7-15(17)16(14)20-11-13-5-4-8-18-9-13/h3-9,12,19H,10-11H2,1-2H3. The van der Waals surface area contributed by atoms with Gasteiger partial charge in [0.1, 0.15) is 12.4 Å². The molecule has 0 bridgehead atoms. The minimum Gasteiger partial charge on any atom is -0.487 e. The molecule has 1 aromatic heterocycles. The van der Waals surface area contributed by atoms with Crippen LogP contribution in [-0.2, 0) is 13.2 Å². The Morgan fingerprint density at radius 2 is 2.10 bits per heavy atom. The molecule has 0 unspecified atom stereocenters. The van der Waals surface area contributed by atoms with E-state index in [2.05, 4.69) is 24.1 Å². The van der Waals surface area contributed by atoms with Crippen LogP contribution in [0.25, 0.3) is 0 Å². The molecule has 0 aliphatic rings. The zero-order valence-electron chi connectivity index (χ0n) is 11.8. The van der Waals surface area contributed by atoms with Crippen LogP contribution in [0.2, 0.25) is 5.02 Å². The largest absolute Gasteiger partial charge is 0.487 e. The summed E-state index contributed by atoms with van der Waals surface area (Å²) in [6, 6.07) is 10.1. The fraction of sp³-hybridized carbons (Fsp3) is 0.312. The van der Waals surface area contributed by atoms with Gasteiger partial charge in [0.25, 0.3) is 0 Å². The van der Waals surface area contributed by atoms with Crippen molar-refractivity contribution in [3.8, 4) is 5.75 Å². The first kappa shape index (κ1) is 14.8. The first-order valence-electron chi connectivity index (χ1n) is 6.69. The lowest BCUT2D eigenvalue weighted by Gasteiger charge is -2.15. The van der Waals surface area contributed by atoms with Gasteiger partial charge in [-0.15, -0.1) is 0 Å². The van der Waals surface area contributed by atoms with Crippen LogP contribution in [0.1, 0.15) is 25.0 Å². The minimum atomic E-state index is 0.417. The van der Waals surface area contributed by atoms with Gasteiger partial charge in [0, 0.05) is 36.1 Å². The van der Waals surface area contributed by atoms with Crippen molar-refractivity contribution in [1.29, 1.82) is 0 Å². The average Bonchev–Trinajstić information content (AvgIpc) is 2.45. The van der Waals surface area contributed by atoms with Crippen molar-refractivity contribution >= 4 is 11.6 Å². The van der Waals surface area contributed by atoms with Crippen molar-refractivity contribution in [2.75, 3.05) is 0 Å². The molecule has 0 aliphatic carbocycles. The molecule has 1 N–H and O–H groups in total. The lowest BCUT2D eigenvalue weighted by molar-refractivity contribution is 0.301. The van der Waals surface area contributed by atoms with Gasteiger partial charge in [0.05, 0.1) is 5.02 Å². The van der Waals surface area contributed by atoms with E-state index >= 15 is 0 Å². The second-order valence-corrected chi connectivity index (χ2v) is 5.32. The summed E-state index contributed by atoms with van der Waals surface area (Å²) in [7, 11) is 0. The summed E-state index contributed by atoms with van der Waals surface area (Å²) in [5, 5.41) is 4.01. The Balaban J connectivity index is 2.09. The van der Waals surface area contributed by atoms with Gasteiger partial charge < -0.3 is 10.1 Å². The molecule has 106 valence electrons. The number of para-hydroxylation sites is 1. The number of benzene rings is 1. The van der Waals surface area contributed by atoms with Crippen LogP contribution in [0.15, 0.2) is 42.7 Å². The normalized spacial score (nSPS) is 10.8. The van der Waals surface area contributed by atoms with Crippen molar-refractivity contribution in [1.82, 2.24) is 10.3 Å². The third kappa shape index (κ3) is 4.22. The maximum atomic E-state index is 6.24. The van der Waals surface area contributed by atoms with Crippen molar-refractivity contribution in [2.45, 2.75) is 33.0 Å². The van der Waals surface area contributed by atoms with Crippen LogP contribution < -0.4 is 10.1 Å². The Hall–Kier alpha value is -1.58. The number of hydrogen-bond donors (Lipinski definition) is 1. The fourth-order valence-electron chi connectivity index (χ4n) is 1.81. The Morgan fingerprint density at radius 3 is 2.80 bits per heavy atom. The van der Waals surface area contributed by atoms with Gasteiger partial charge in [-0.1, -0.05) is 43.6 Å². The highest BCUT2D eigenvalue weighted by molar-refractivity contribution is 6.32. The zero-order valence-corrected chi connectivity index (χ0v) is 12.5. The van der Waals surface area contributed by atoms with Gasteiger partial charge in [-0.3, -0.25) is 4.98 Å². The summed E-state index contributed by atoms with van der Waals surface area (Å²) in [5.74, 6) is 0.742. The SMILES string of the molecule is CC(C)NCc1cccc(Cl)c1OCc1cccnc1. The van der Waals surface area contributed by atoms with E-state index in [0.29, 0.717) is 17.7 Å². The molecule has 20 heavy (non-hydrogen) atoms. The molecule has 1 heterocycles. The van der Waals surface area contributed by atoms with Crippen LogP contribution >= 0.6 is 11.6 Å². The predicted octanol–water partition coefficient (Wildman–Crippen LogP) is 3.81. The van der Waals surface area contributed by atoms with Gasteiger partial charge in [0.2, 0.25) is 0 Å². The molecule has 2 aromatic rings. The van der Waals surface area contributed by atoms with E-state index in [1.165, 1.54) is 0 Å². The fourth-order valence-corrected chi connectivity index (χ4v) is 2.06. The molecule has 0 spiro atoms. The highest BCUT2D eigenvalue weighted by Crippen LogP contribution is 2.29. The monoisotopic (exact) mass is 290 g/mol. The van der Waals surface area contributed by atoms with Gasteiger partial charge in [-0.2, -0.15) is 0 Å². The van der Waals surface area contributed by atoms with Gasteiger partial charge in [-0.25, -0.2) is 0 Å². The second-order valence-electron chi connectivity index (χ2n) is 4.91. The van der Waals surface area contributed by atoms with Crippen LogP contribution in [0, 0.1) is 0 Å². The van der Waals surface area contributed by atoms with Crippen molar-refractivity contribution in [3.63, 3.8) is 0 Å². The molecule has 3 nitrogen and oxygen atoms in total. The first-order valence-corrected chi connectivity index (χ1v) is 7.07. The molecular formula is C16H19ClN2O. The predicted molar refractivity (Wildman–Crippen MR) is 82.0 cm³/mol. The Morgan fingerprint density at radius 1 is 1.25 bits per heavy atom. The van der Waals surface area contributed by atoms with Gasteiger partial charge >= 0.3 is 0 Å². The van der Waals surface area contributed by atoms with Crippen LogP contribution in [0.4, 0.5) is 0 Å². The maximum absolute atomic E-state index is 6.24. The minimum absolute atomic E-state index is 0.417. The highest BCUT2D eigenvalue weighted by atomic mass is 35.5. The molecule has 2 rings (SSSR count). The topological polar surface area (TPSA) is 34.1 Å². The van der Waals surface area contributed by atoms with E-state index in [9.17, 15) is 0 Å². The van der Waals surface area contributed by atoms with Crippen molar-refractivity contribution in [2.24, 2.45) is 0 Å². The van der Waals surface area contributed by atoms with E-state index in [1.807, 2.05) is 30.3 Å². The molecule has 0 aliphatic heterocycles. The van der Waals surface area contributed by atoms with Crippen LogP contribution in [0.5, 0.6) is 5.75 Å². The summed E-state index contributed by atoms with van der Waals surface area (Å²) < 4.78 is 5.87. The van der Waals surface area contributed by atoms with E-state index in [4.69, 9.17) is 16.3 Å². The summed E-state index contributed by atoms with van der Waals surface area (Å²) >= 11 is 6.24. The molecule has 0 radical (unpaired) electrons. The number of rotatable bonds is 6. The van der Waals surface area contributed by atoms with Crippen LogP contribution in [0.3, 0.4) is 0 Å². The highest BCUT2D eigenvalue weighted by Gasteiger charge is 2.09. The summed E-state index contributed by atoms with van der Waals surface area (Å²) in [6.45, 7) is 5.42. The molecule has 4 heteroatoms. The van der Waals surface area contributed by atoms with Gasteiger partial charge in [-0.05, 0) is 12.1 Å². The molecule has 0 atom stereocenters. The molecule has 0 saturated heterocycles. The maximum Gasteiger partial charge on any atom is 0.142 e. The van der Waals surface area contributed by atoms with Crippen LogP contribution in [-0.4, -0.2) is 11.0 Å². The summed E-state index contributed by atoms with van der Waals surface area (Å²) in [6.07, 6.45) is 3.54. The molecule has 0 amide bonds. The smallest absolute Gasteiger partial charge is 0.142 e. The number of nitrogens with zero attached hydrogens (tertiary/aromatic N) is 1.